The van der Waals surface area contributed by atoms with Crippen LogP contribution in [0.15, 0.2) is 18.2 Å². The third kappa shape index (κ3) is 4.31. The summed E-state index contributed by atoms with van der Waals surface area (Å²) >= 11 is 0. The molecule has 1 aromatic carbocycles. The number of benzene rings is 1. The fourth-order valence-corrected chi connectivity index (χ4v) is 3.12. The molecule has 1 aliphatic rings. The molecule has 1 fully saturated rings. The second kappa shape index (κ2) is 7.21. The first-order valence-corrected chi connectivity index (χ1v) is 8.05. The van der Waals surface area contributed by atoms with Gasteiger partial charge in [-0.15, -0.1) is 0 Å². The summed E-state index contributed by atoms with van der Waals surface area (Å²) in [5, 5.41) is 3.54. The number of halogens is 1. The lowest BCUT2D eigenvalue weighted by Gasteiger charge is -2.26. The van der Waals surface area contributed by atoms with Crippen molar-refractivity contribution in [3.63, 3.8) is 0 Å². The molecule has 1 unspecified atom stereocenters. The molecule has 0 bridgehead atoms. The van der Waals surface area contributed by atoms with Crippen molar-refractivity contribution in [2.24, 2.45) is 11.8 Å². The van der Waals surface area contributed by atoms with Crippen molar-refractivity contribution in [2.75, 3.05) is 6.54 Å². The summed E-state index contributed by atoms with van der Waals surface area (Å²) in [7, 11) is 0. The molecule has 0 saturated heterocycles. The van der Waals surface area contributed by atoms with Gasteiger partial charge in [0.25, 0.3) is 0 Å². The van der Waals surface area contributed by atoms with Crippen LogP contribution in [-0.2, 0) is 0 Å². The minimum Gasteiger partial charge on any atom is -0.310 e. The molecule has 0 spiro atoms. The molecule has 1 saturated carbocycles. The topological polar surface area (TPSA) is 12.0 Å². The SMILES string of the molecule is Cc1ccc(C(C)NCCC2CCC(C)CC2)cc1F. The van der Waals surface area contributed by atoms with Gasteiger partial charge in [0.2, 0.25) is 0 Å². The van der Waals surface area contributed by atoms with Crippen molar-refractivity contribution in [2.45, 2.75) is 58.9 Å². The first kappa shape index (κ1) is 15.5. The highest BCUT2D eigenvalue weighted by Gasteiger charge is 2.18. The van der Waals surface area contributed by atoms with Crippen molar-refractivity contribution in [3.8, 4) is 0 Å². The Hall–Kier alpha value is -0.890. The quantitative estimate of drug-likeness (QED) is 0.798. The molecule has 2 rings (SSSR count). The molecule has 20 heavy (non-hydrogen) atoms. The summed E-state index contributed by atoms with van der Waals surface area (Å²) in [4.78, 5) is 0. The lowest BCUT2D eigenvalue weighted by Crippen LogP contribution is -2.23. The predicted octanol–water partition coefficient (Wildman–Crippen LogP) is 5.00. The Morgan fingerprint density at radius 1 is 1.25 bits per heavy atom. The molecule has 0 aromatic heterocycles. The Kier molecular flexibility index (Phi) is 5.59. The van der Waals surface area contributed by atoms with E-state index in [2.05, 4.69) is 19.2 Å². The number of aryl methyl sites for hydroxylation is 1. The standard InChI is InChI=1S/C18H28FN/c1-13-4-7-16(8-5-13)10-11-20-15(3)17-9-6-14(2)18(19)12-17/h6,9,12-13,15-16,20H,4-5,7-8,10-11H2,1-3H3. The maximum atomic E-state index is 13.6. The molecule has 2 heteroatoms. The van der Waals surface area contributed by atoms with Gasteiger partial charge in [-0.25, -0.2) is 4.39 Å². The molecule has 1 aromatic rings. The van der Waals surface area contributed by atoms with Crippen molar-refractivity contribution in [1.82, 2.24) is 5.32 Å². The van der Waals surface area contributed by atoms with E-state index in [4.69, 9.17) is 0 Å². The Morgan fingerprint density at radius 2 is 1.95 bits per heavy atom. The fourth-order valence-electron chi connectivity index (χ4n) is 3.12. The van der Waals surface area contributed by atoms with E-state index in [0.29, 0.717) is 0 Å². The largest absolute Gasteiger partial charge is 0.310 e. The van der Waals surface area contributed by atoms with Crippen molar-refractivity contribution in [1.29, 1.82) is 0 Å². The number of hydrogen-bond donors (Lipinski definition) is 1. The van der Waals surface area contributed by atoms with Gasteiger partial charge in [0.15, 0.2) is 0 Å². The molecule has 1 atom stereocenters. The smallest absolute Gasteiger partial charge is 0.126 e. The summed E-state index contributed by atoms with van der Waals surface area (Å²) in [5.74, 6) is 1.71. The van der Waals surface area contributed by atoms with Gasteiger partial charge in [-0.2, -0.15) is 0 Å². The average molecular weight is 277 g/mol. The van der Waals surface area contributed by atoms with E-state index in [1.54, 1.807) is 13.0 Å². The molecule has 0 aliphatic heterocycles. The summed E-state index contributed by atoms with van der Waals surface area (Å²) in [6.45, 7) is 7.33. The number of nitrogens with one attached hydrogen (secondary N) is 1. The molecular weight excluding hydrogens is 249 g/mol. The van der Waals surface area contributed by atoms with Crippen LogP contribution < -0.4 is 5.32 Å². The normalized spacial score (nSPS) is 24.6. The van der Waals surface area contributed by atoms with E-state index in [-0.39, 0.29) is 11.9 Å². The second-order valence-corrected chi connectivity index (χ2v) is 6.60. The highest BCUT2D eigenvalue weighted by Crippen LogP contribution is 2.30. The monoisotopic (exact) mass is 277 g/mol. The van der Waals surface area contributed by atoms with Gasteiger partial charge in [0.05, 0.1) is 0 Å². The van der Waals surface area contributed by atoms with Crippen LogP contribution in [0.5, 0.6) is 0 Å². The maximum Gasteiger partial charge on any atom is 0.126 e. The van der Waals surface area contributed by atoms with Crippen LogP contribution in [0, 0.1) is 24.6 Å². The van der Waals surface area contributed by atoms with Crippen LogP contribution >= 0.6 is 0 Å². The Morgan fingerprint density at radius 3 is 2.60 bits per heavy atom. The van der Waals surface area contributed by atoms with Crippen LogP contribution in [0.2, 0.25) is 0 Å². The van der Waals surface area contributed by atoms with E-state index in [1.807, 2.05) is 12.1 Å². The van der Waals surface area contributed by atoms with Crippen molar-refractivity contribution < 1.29 is 4.39 Å². The van der Waals surface area contributed by atoms with Crippen LogP contribution in [0.4, 0.5) is 4.39 Å². The van der Waals surface area contributed by atoms with E-state index in [0.717, 1.165) is 29.5 Å². The van der Waals surface area contributed by atoms with Gasteiger partial charge in [0, 0.05) is 6.04 Å². The lowest BCUT2D eigenvalue weighted by molar-refractivity contribution is 0.273. The zero-order chi connectivity index (χ0) is 14.5. The third-order valence-electron chi connectivity index (χ3n) is 4.83. The van der Waals surface area contributed by atoms with E-state index in [1.165, 1.54) is 32.1 Å². The number of hydrogen-bond acceptors (Lipinski definition) is 1. The zero-order valence-electron chi connectivity index (χ0n) is 13.1. The third-order valence-corrected chi connectivity index (χ3v) is 4.83. The van der Waals surface area contributed by atoms with Crippen LogP contribution in [0.25, 0.3) is 0 Å². The van der Waals surface area contributed by atoms with E-state index < -0.39 is 0 Å². The molecule has 0 heterocycles. The summed E-state index contributed by atoms with van der Waals surface area (Å²) < 4.78 is 13.6. The lowest BCUT2D eigenvalue weighted by atomic mass is 9.81. The minimum absolute atomic E-state index is 0.0996. The second-order valence-electron chi connectivity index (χ2n) is 6.60. The molecule has 1 N–H and O–H groups in total. The molecule has 112 valence electrons. The van der Waals surface area contributed by atoms with Gasteiger partial charge in [-0.05, 0) is 55.8 Å². The van der Waals surface area contributed by atoms with Crippen molar-refractivity contribution >= 4 is 0 Å². The Labute approximate surface area is 123 Å². The highest BCUT2D eigenvalue weighted by atomic mass is 19.1. The summed E-state index contributed by atoms with van der Waals surface area (Å²) in [6, 6.07) is 5.78. The summed E-state index contributed by atoms with van der Waals surface area (Å²) in [5.41, 5.74) is 1.77. The highest BCUT2D eigenvalue weighted by molar-refractivity contribution is 5.25. The van der Waals surface area contributed by atoms with Gasteiger partial charge in [0.1, 0.15) is 5.82 Å². The fraction of sp³-hybridized carbons (Fsp3) is 0.667. The first-order valence-electron chi connectivity index (χ1n) is 8.05. The van der Waals surface area contributed by atoms with Crippen LogP contribution in [-0.4, -0.2) is 6.54 Å². The van der Waals surface area contributed by atoms with Gasteiger partial charge in [-0.1, -0.05) is 44.7 Å². The van der Waals surface area contributed by atoms with E-state index >= 15 is 0 Å². The van der Waals surface area contributed by atoms with Crippen LogP contribution in [0.1, 0.15) is 63.1 Å². The van der Waals surface area contributed by atoms with Gasteiger partial charge < -0.3 is 5.32 Å². The van der Waals surface area contributed by atoms with Crippen LogP contribution in [0.3, 0.4) is 0 Å². The first-order chi connectivity index (χ1) is 9.56. The van der Waals surface area contributed by atoms with Gasteiger partial charge >= 0.3 is 0 Å². The average Bonchev–Trinajstić information content (AvgIpc) is 2.44. The summed E-state index contributed by atoms with van der Waals surface area (Å²) in [6.07, 6.45) is 6.81. The number of rotatable bonds is 5. The molecule has 1 nitrogen and oxygen atoms in total. The predicted molar refractivity (Wildman–Crippen MR) is 83.3 cm³/mol. The minimum atomic E-state index is -0.0996. The van der Waals surface area contributed by atoms with Gasteiger partial charge in [-0.3, -0.25) is 0 Å². The molecule has 0 radical (unpaired) electrons. The molecule has 1 aliphatic carbocycles. The molecule has 0 amide bonds. The maximum absolute atomic E-state index is 13.6. The van der Waals surface area contributed by atoms with E-state index in [9.17, 15) is 4.39 Å². The Balaban J connectivity index is 1.74. The zero-order valence-corrected chi connectivity index (χ0v) is 13.1. The molecular formula is C18H28FN. The Bertz CT molecular complexity index is 421. The van der Waals surface area contributed by atoms with Crippen molar-refractivity contribution in [3.05, 3.63) is 35.1 Å².